The first-order valence-electron chi connectivity index (χ1n) is 13.7. The van der Waals surface area contributed by atoms with E-state index in [-0.39, 0.29) is 12.0 Å². The summed E-state index contributed by atoms with van der Waals surface area (Å²) >= 11 is 0. The van der Waals surface area contributed by atoms with E-state index >= 15 is 0 Å². The Kier molecular flexibility index (Phi) is 8.16. The highest BCUT2D eigenvalue weighted by Gasteiger charge is 2.62. The van der Waals surface area contributed by atoms with Crippen LogP contribution in [0.3, 0.4) is 0 Å². The topological polar surface area (TPSA) is 114 Å². The monoisotopic (exact) mass is 549 g/mol. The second kappa shape index (κ2) is 11.4. The van der Waals surface area contributed by atoms with Crippen LogP contribution in [0.2, 0.25) is 0 Å². The summed E-state index contributed by atoms with van der Waals surface area (Å²) in [7, 11) is 0. The molecule has 1 aliphatic rings. The van der Waals surface area contributed by atoms with Crippen LogP contribution in [0.15, 0.2) is 95.1 Å². The van der Waals surface area contributed by atoms with E-state index in [1.807, 2.05) is 87.2 Å². The number of carboxylic acids is 2. The van der Waals surface area contributed by atoms with Crippen molar-refractivity contribution in [3.63, 3.8) is 0 Å². The first-order chi connectivity index (χ1) is 19.6. The lowest BCUT2D eigenvalue weighted by atomic mass is 9.54. The van der Waals surface area contributed by atoms with Gasteiger partial charge in [-0.15, -0.1) is 0 Å². The van der Waals surface area contributed by atoms with Crippen LogP contribution in [0, 0.1) is 24.2 Å². The minimum Gasteiger partial charge on any atom is -0.481 e. The van der Waals surface area contributed by atoms with Gasteiger partial charge < -0.3 is 15.1 Å². The fourth-order valence-electron chi connectivity index (χ4n) is 6.58. The van der Waals surface area contributed by atoms with Gasteiger partial charge in [0.05, 0.1) is 34.3 Å². The SMILES string of the molecule is CCC1(c2ccc(C#N)cc2)C(C(=O)O)=C(C)N(C(=Nc2ccccc2C)c2ccccc2)C(C)(CC)C1C(=O)O. The fourth-order valence-corrected chi connectivity index (χ4v) is 6.58. The van der Waals surface area contributed by atoms with Crippen LogP contribution in [0.4, 0.5) is 5.69 Å². The normalized spacial score (nSPS) is 22.8. The van der Waals surface area contributed by atoms with Crippen LogP contribution >= 0.6 is 0 Å². The highest BCUT2D eigenvalue weighted by atomic mass is 16.4. The number of carboxylic acid groups (broad SMARTS) is 2. The first-order valence-corrected chi connectivity index (χ1v) is 13.7. The molecular weight excluding hydrogens is 514 g/mol. The van der Waals surface area contributed by atoms with Crippen molar-refractivity contribution < 1.29 is 19.8 Å². The van der Waals surface area contributed by atoms with Gasteiger partial charge >= 0.3 is 11.9 Å². The van der Waals surface area contributed by atoms with Crippen LogP contribution < -0.4 is 0 Å². The van der Waals surface area contributed by atoms with E-state index in [0.29, 0.717) is 34.8 Å². The van der Waals surface area contributed by atoms with E-state index in [4.69, 9.17) is 4.99 Å². The molecule has 0 spiro atoms. The van der Waals surface area contributed by atoms with Gasteiger partial charge in [0.25, 0.3) is 0 Å². The van der Waals surface area contributed by atoms with E-state index in [2.05, 4.69) is 6.07 Å². The highest BCUT2D eigenvalue weighted by molar-refractivity contribution is 6.04. The molecule has 0 radical (unpaired) electrons. The Morgan fingerprint density at radius 1 is 0.927 bits per heavy atom. The standard InChI is InChI=1S/C34H35N3O4/c1-6-33(5)29(32(40)41)34(7-2,26-19-17-24(21-35)18-20-26)28(31(38)39)23(4)37(33)30(25-14-9-8-10-15-25)36-27-16-12-11-13-22(27)3/h8-20,29H,6-7H2,1-5H3,(H,38,39)(H,40,41). The number of hydrogen-bond donors (Lipinski definition) is 2. The lowest BCUT2D eigenvalue weighted by Gasteiger charge is -2.58. The zero-order chi connectivity index (χ0) is 29.9. The number of carbonyl (C=O) groups is 2. The minimum atomic E-state index is -1.37. The van der Waals surface area contributed by atoms with Gasteiger partial charge in [-0.1, -0.05) is 74.5 Å². The van der Waals surface area contributed by atoms with Crippen molar-refractivity contribution in [1.29, 1.82) is 5.26 Å². The van der Waals surface area contributed by atoms with Crippen LogP contribution in [-0.4, -0.2) is 38.4 Å². The molecule has 4 rings (SSSR count). The van der Waals surface area contributed by atoms with Crippen molar-refractivity contribution in [3.8, 4) is 6.07 Å². The van der Waals surface area contributed by atoms with Gasteiger partial charge in [0.15, 0.2) is 0 Å². The molecule has 1 aliphatic heterocycles. The predicted octanol–water partition coefficient (Wildman–Crippen LogP) is 6.84. The molecule has 3 unspecified atom stereocenters. The predicted molar refractivity (Wildman–Crippen MR) is 159 cm³/mol. The van der Waals surface area contributed by atoms with Gasteiger partial charge in [0, 0.05) is 16.7 Å². The van der Waals surface area contributed by atoms with Crippen LogP contribution in [0.5, 0.6) is 0 Å². The number of para-hydroxylation sites is 1. The second-order valence-electron chi connectivity index (χ2n) is 10.7. The molecule has 3 aromatic rings. The molecule has 0 saturated heterocycles. The summed E-state index contributed by atoms with van der Waals surface area (Å²) in [5.74, 6) is -2.97. The lowest BCUT2D eigenvalue weighted by molar-refractivity contribution is -0.151. The summed E-state index contributed by atoms with van der Waals surface area (Å²) in [4.78, 5) is 33.6. The molecule has 210 valence electrons. The third kappa shape index (κ3) is 4.80. The smallest absolute Gasteiger partial charge is 0.334 e. The number of hydrogen-bond acceptors (Lipinski definition) is 4. The van der Waals surface area contributed by atoms with Crippen LogP contribution in [-0.2, 0) is 15.0 Å². The van der Waals surface area contributed by atoms with Crippen molar-refractivity contribution >= 4 is 23.5 Å². The number of aryl methyl sites for hydroxylation is 1. The Hall–Kier alpha value is -4.70. The summed E-state index contributed by atoms with van der Waals surface area (Å²) in [6.45, 7) is 9.35. The highest BCUT2D eigenvalue weighted by Crippen LogP contribution is 2.56. The summed E-state index contributed by atoms with van der Waals surface area (Å²) in [5, 5.41) is 31.2. The number of nitriles is 1. The molecular formula is C34H35N3O4. The van der Waals surface area contributed by atoms with Gasteiger partial charge in [-0.05, 0) is 62.9 Å². The zero-order valence-corrected chi connectivity index (χ0v) is 24.0. The molecule has 0 amide bonds. The van der Waals surface area contributed by atoms with Crippen molar-refractivity contribution in [2.75, 3.05) is 0 Å². The maximum atomic E-state index is 13.5. The molecule has 2 N–H and O–H groups in total. The number of benzene rings is 3. The van der Waals surface area contributed by atoms with E-state index < -0.39 is 28.8 Å². The van der Waals surface area contributed by atoms with E-state index in [0.717, 1.165) is 11.1 Å². The fraction of sp³-hybridized carbons (Fsp3) is 0.294. The van der Waals surface area contributed by atoms with Crippen molar-refractivity contribution in [1.82, 2.24) is 4.90 Å². The summed E-state index contributed by atoms with van der Waals surface area (Å²) < 4.78 is 0. The number of aliphatic carboxylic acids is 2. The van der Waals surface area contributed by atoms with E-state index in [9.17, 15) is 25.1 Å². The van der Waals surface area contributed by atoms with Crippen molar-refractivity contribution in [3.05, 3.63) is 112 Å². The Morgan fingerprint density at radius 2 is 1.54 bits per heavy atom. The van der Waals surface area contributed by atoms with E-state index in [1.54, 1.807) is 31.2 Å². The Labute approximate surface area is 241 Å². The third-order valence-corrected chi connectivity index (χ3v) is 8.62. The molecule has 0 aliphatic carbocycles. The molecule has 0 saturated carbocycles. The van der Waals surface area contributed by atoms with E-state index in [1.165, 1.54) is 0 Å². The molecule has 0 bridgehead atoms. The molecule has 0 aromatic heterocycles. The second-order valence-corrected chi connectivity index (χ2v) is 10.7. The first kappa shape index (κ1) is 29.3. The molecule has 1 heterocycles. The Bertz CT molecular complexity index is 1570. The molecule has 7 nitrogen and oxygen atoms in total. The average molecular weight is 550 g/mol. The molecule has 41 heavy (non-hydrogen) atoms. The van der Waals surface area contributed by atoms with Crippen molar-refractivity contribution in [2.45, 2.75) is 58.4 Å². The molecule has 3 atom stereocenters. The maximum absolute atomic E-state index is 13.5. The molecule has 7 heteroatoms. The number of nitrogens with zero attached hydrogens (tertiary/aromatic N) is 3. The summed E-state index contributed by atoms with van der Waals surface area (Å²) in [6, 6.07) is 25.8. The largest absolute Gasteiger partial charge is 0.481 e. The quantitative estimate of drug-likeness (QED) is 0.246. The number of rotatable bonds is 7. The van der Waals surface area contributed by atoms with Gasteiger partial charge in [-0.2, -0.15) is 5.26 Å². The van der Waals surface area contributed by atoms with Gasteiger partial charge in [-0.25, -0.2) is 9.79 Å². The van der Waals surface area contributed by atoms with Gasteiger partial charge in [0.1, 0.15) is 5.84 Å². The maximum Gasteiger partial charge on any atom is 0.334 e. The van der Waals surface area contributed by atoms with Crippen LogP contribution in [0.1, 0.15) is 62.8 Å². The number of allylic oxidation sites excluding steroid dienone is 1. The third-order valence-electron chi connectivity index (χ3n) is 8.62. The average Bonchev–Trinajstić information content (AvgIpc) is 2.97. The Morgan fingerprint density at radius 3 is 2.05 bits per heavy atom. The van der Waals surface area contributed by atoms with Crippen molar-refractivity contribution in [2.24, 2.45) is 10.9 Å². The van der Waals surface area contributed by atoms with Gasteiger partial charge in [0.2, 0.25) is 0 Å². The number of amidine groups is 1. The number of aliphatic imine (C=N–C) groups is 1. The Balaban J connectivity index is 2.17. The summed E-state index contributed by atoms with van der Waals surface area (Å²) in [5.41, 5.74) is 1.34. The molecule has 3 aromatic carbocycles. The minimum absolute atomic E-state index is 0.0106. The summed E-state index contributed by atoms with van der Waals surface area (Å²) in [6.07, 6.45) is 0.625. The zero-order valence-electron chi connectivity index (χ0n) is 24.0. The molecule has 0 fully saturated rings. The van der Waals surface area contributed by atoms with Crippen LogP contribution in [0.25, 0.3) is 0 Å². The lowest BCUT2D eigenvalue weighted by Crippen LogP contribution is -2.66. The van der Waals surface area contributed by atoms with Gasteiger partial charge in [-0.3, -0.25) is 4.79 Å².